The summed E-state index contributed by atoms with van der Waals surface area (Å²) in [5, 5.41) is 3.71. The number of fused-ring (bicyclic) bond motifs is 1. The zero-order valence-electron chi connectivity index (χ0n) is 11.8. The summed E-state index contributed by atoms with van der Waals surface area (Å²) in [6, 6.07) is 13.0. The molecule has 1 heterocycles. The predicted octanol–water partition coefficient (Wildman–Crippen LogP) is 4.06. The monoisotopic (exact) mass is 333 g/mol. The van der Waals surface area contributed by atoms with Crippen molar-refractivity contribution in [1.82, 2.24) is 9.55 Å². The van der Waals surface area contributed by atoms with Crippen molar-refractivity contribution in [3.8, 4) is 0 Å². The lowest BCUT2D eigenvalue weighted by Gasteiger charge is -2.05. The first-order valence-electron chi connectivity index (χ1n) is 6.70. The highest BCUT2D eigenvalue weighted by Crippen LogP contribution is 2.29. The van der Waals surface area contributed by atoms with Gasteiger partial charge in [-0.3, -0.25) is 10.1 Å². The van der Waals surface area contributed by atoms with Gasteiger partial charge >= 0.3 is 0 Å². The fourth-order valence-electron chi connectivity index (χ4n) is 2.25. The number of carbonyl (C=O) groups is 1. The van der Waals surface area contributed by atoms with E-state index in [1.807, 2.05) is 37.4 Å². The molecule has 1 amide bonds. The van der Waals surface area contributed by atoms with Gasteiger partial charge in [-0.25, -0.2) is 4.98 Å². The van der Waals surface area contributed by atoms with Crippen molar-refractivity contribution in [3.05, 3.63) is 58.1 Å². The first kappa shape index (κ1) is 14.9. The molecule has 0 saturated heterocycles. The number of rotatable bonds is 3. The van der Waals surface area contributed by atoms with Crippen molar-refractivity contribution >= 4 is 46.1 Å². The molecular weight excluding hydrogens is 321 g/mol. The number of hydrogen-bond donors (Lipinski definition) is 1. The molecule has 0 aliphatic heterocycles. The molecule has 0 aliphatic rings. The highest BCUT2D eigenvalue weighted by atomic mass is 35.5. The molecule has 112 valence electrons. The first-order chi connectivity index (χ1) is 10.5. The average Bonchev–Trinajstić information content (AvgIpc) is 2.77. The summed E-state index contributed by atoms with van der Waals surface area (Å²) in [7, 11) is 1.82. The topological polar surface area (TPSA) is 46.9 Å². The highest BCUT2D eigenvalue weighted by Gasteiger charge is 2.13. The fourth-order valence-corrected chi connectivity index (χ4v) is 2.56. The summed E-state index contributed by atoms with van der Waals surface area (Å²) in [6.45, 7) is 0. The summed E-state index contributed by atoms with van der Waals surface area (Å²) in [6.07, 6.45) is 0.297. The van der Waals surface area contributed by atoms with Crippen LogP contribution in [0.25, 0.3) is 11.0 Å². The van der Waals surface area contributed by atoms with Gasteiger partial charge in [0.15, 0.2) is 0 Å². The molecule has 6 heteroatoms. The van der Waals surface area contributed by atoms with Gasteiger partial charge in [0.05, 0.1) is 27.5 Å². The number of imidazole rings is 1. The van der Waals surface area contributed by atoms with Crippen molar-refractivity contribution in [2.75, 3.05) is 5.32 Å². The van der Waals surface area contributed by atoms with Crippen molar-refractivity contribution in [2.24, 2.45) is 7.05 Å². The quantitative estimate of drug-likeness (QED) is 0.785. The number of nitrogens with one attached hydrogen (secondary N) is 1. The molecule has 0 radical (unpaired) electrons. The van der Waals surface area contributed by atoms with Crippen LogP contribution in [-0.2, 0) is 18.3 Å². The SMILES string of the molecule is Cn1c(NC(=O)Cc2ccccc2)nc2cc(Cl)c(Cl)cc21. The predicted molar refractivity (Wildman–Crippen MR) is 89.5 cm³/mol. The Morgan fingerprint density at radius 2 is 1.86 bits per heavy atom. The van der Waals surface area contributed by atoms with Crippen molar-refractivity contribution in [1.29, 1.82) is 0 Å². The fraction of sp³-hybridized carbons (Fsp3) is 0.125. The van der Waals surface area contributed by atoms with E-state index in [9.17, 15) is 4.79 Å². The van der Waals surface area contributed by atoms with Gasteiger partial charge in [-0.15, -0.1) is 0 Å². The lowest BCUT2D eigenvalue weighted by molar-refractivity contribution is -0.115. The van der Waals surface area contributed by atoms with E-state index in [-0.39, 0.29) is 5.91 Å². The zero-order chi connectivity index (χ0) is 15.7. The van der Waals surface area contributed by atoms with Gasteiger partial charge in [0.1, 0.15) is 0 Å². The molecule has 0 atom stereocenters. The Bertz CT molecular complexity index is 843. The molecule has 0 fully saturated rings. The minimum Gasteiger partial charge on any atom is -0.313 e. The summed E-state index contributed by atoms with van der Waals surface area (Å²) >= 11 is 12.0. The number of amides is 1. The third-order valence-electron chi connectivity index (χ3n) is 3.38. The normalized spacial score (nSPS) is 10.9. The van der Waals surface area contributed by atoms with Crippen LogP contribution in [0.5, 0.6) is 0 Å². The lowest BCUT2D eigenvalue weighted by atomic mass is 10.1. The Hall–Kier alpha value is -2.04. The molecule has 0 spiro atoms. The van der Waals surface area contributed by atoms with Gasteiger partial charge < -0.3 is 4.57 Å². The summed E-state index contributed by atoms with van der Waals surface area (Å²) in [5.74, 6) is 0.344. The lowest BCUT2D eigenvalue weighted by Crippen LogP contribution is -2.17. The molecule has 3 rings (SSSR count). The highest BCUT2D eigenvalue weighted by molar-refractivity contribution is 6.42. The van der Waals surface area contributed by atoms with Gasteiger partial charge in [-0.2, -0.15) is 0 Å². The van der Waals surface area contributed by atoms with Gasteiger partial charge in [0.25, 0.3) is 0 Å². The third kappa shape index (κ3) is 2.93. The maximum Gasteiger partial charge on any atom is 0.231 e. The maximum atomic E-state index is 12.1. The van der Waals surface area contributed by atoms with Crippen molar-refractivity contribution in [3.63, 3.8) is 0 Å². The van der Waals surface area contributed by atoms with Crippen LogP contribution in [-0.4, -0.2) is 15.5 Å². The zero-order valence-corrected chi connectivity index (χ0v) is 13.3. The Labute approximate surface area is 137 Å². The van der Waals surface area contributed by atoms with Gasteiger partial charge in [-0.1, -0.05) is 53.5 Å². The summed E-state index contributed by atoms with van der Waals surface area (Å²) < 4.78 is 1.78. The van der Waals surface area contributed by atoms with E-state index in [0.29, 0.717) is 27.9 Å². The average molecular weight is 334 g/mol. The van der Waals surface area contributed by atoms with Crippen molar-refractivity contribution < 1.29 is 4.79 Å². The van der Waals surface area contributed by atoms with E-state index < -0.39 is 0 Å². The van der Waals surface area contributed by atoms with Gasteiger partial charge in [0, 0.05) is 7.05 Å². The second kappa shape index (κ2) is 5.99. The summed E-state index contributed by atoms with van der Waals surface area (Å²) in [4.78, 5) is 16.5. The molecule has 0 aliphatic carbocycles. The van der Waals surface area contributed by atoms with Crippen LogP contribution in [0.3, 0.4) is 0 Å². The molecule has 22 heavy (non-hydrogen) atoms. The maximum absolute atomic E-state index is 12.1. The van der Waals surface area contributed by atoms with Crippen LogP contribution in [0.1, 0.15) is 5.56 Å². The Balaban J connectivity index is 1.85. The van der Waals surface area contributed by atoms with E-state index in [1.54, 1.807) is 16.7 Å². The van der Waals surface area contributed by atoms with E-state index in [1.165, 1.54) is 0 Å². The molecule has 3 aromatic rings. The van der Waals surface area contributed by atoms with Crippen LogP contribution in [0, 0.1) is 0 Å². The smallest absolute Gasteiger partial charge is 0.231 e. The number of halogens is 2. The minimum atomic E-state index is -0.123. The summed E-state index contributed by atoms with van der Waals surface area (Å²) in [5.41, 5.74) is 2.45. The Morgan fingerprint density at radius 1 is 1.18 bits per heavy atom. The Kier molecular flexibility index (Phi) is 4.05. The standard InChI is InChI=1S/C16H13Cl2N3O/c1-21-14-9-12(18)11(17)8-13(14)19-16(21)20-15(22)7-10-5-3-2-4-6-10/h2-6,8-9H,7H2,1H3,(H,19,20,22). The second-order valence-corrected chi connectivity index (χ2v) is 5.77. The van der Waals surface area contributed by atoms with Crippen LogP contribution in [0.2, 0.25) is 10.0 Å². The molecule has 0 unspecified atom stereocenters. The number of benzene rings is 2. The minimum absolute atomic E-state index is 0.123. The number of nitrogens with zero attached hydrogens (tertiary/aromatic N) is 2. The van der Waals surface area contributed by atoms with Crippen LogP contribution in [0.4, 0.5) is 5.95 Å². The Morgan fingerprint density at radius 3 is 2.59 bits per heavy atom. The van der Waals surface area contributed by atoms with Gasteiger partial charge in [0.2, 0.25) is 11.9 Å². The molecule has 0 bridgehead atoms. The molecule has 1 aromatic heterocycles. The largest absolute Gasteiger partial charge is 0.313 e. The number of hydrogen-bond acceptors (Lipinski definition) is 2. The molecule has 0 saturated carbocycles. The van der Waals surface area contributed by atoms with Crippen LogP contribution < -0.4 is 5.32 Å². The van der Waals surface area contributed by atoms with Crippen molar-refractivity contribution in [2.45, 2.75) is 6.42 Å². The second-order valence-electron chi connectivity index (χ2n) is 4.96. The first-order valence-corrected chi connectivity index (χ1v) is 7.45. The molecule has 4 nitrogen and oxygen atoms in total. The molecule has 1 N–H and O–H groups in total. The molecule has 2 aromatic carbocycles. The van der Waals surface area contributed by atoms with Crippen LogP contribution in [0.15, 0.2) is 42.5 Å². The number of carbonyl (C=O) groups excluding carboxylic acids is 1. The van der Waals surface area contributed by atoms with E-state index >= 15 is 0 Å². The number of aromatic nitrogens is 2. The third-order valence-corrected chi connectivity index (χ3v) is 4.10. The number of anilines is 1. The van der Waals surface area contributed by atoms with E-state index in [2.05, 4.69) is 10.3 Å². The van der Waals surface area contributed by atoms with Crippen LogP contribution >= 0.6 is 23.2 Å². The molecular formula is C16H13Cl2N3O. The number of aryl methyl sites for hydroxylation is 1. The van der Waals surface area contributed by atoms with E-state index in [0.717, 1.165) is 11.1 Å². The van der Waals surface area contributed by atoms with E-state index in [4.69, 9.17) is 23.2 Å². The van der Waals surface area contributed by atoms with Gasteiger partial charge in [-0.05, 0) is 17.7 Å².